The Balaban J connectivity index is 2.98. The van der Waals surface area contributed by atoms with E-state index in [1.54, 1.807) is 17.5 Å². The molecule has 0 amide bonds. The van der Waals surface area contributed by atoms with Crippen LogP contribution in [0.15, 0.2) is 22.4 Å². The molecule has 4 heteroatoms. The van der Waals surface area contributed by atoms with Crippen molar-refractivity contribution < 1.29 is 5.11 Å². The minimum absolute atomic E-state index is 0.264. The van der Waals surface area contributed by atoms with E-state index in [1.807, 2.05) is 0 Å². The van der Waals surface area contributed by atoms with Gasteiger partial charge in [0.15, 0.2) is 0 Å². The minimum Gasteiger partial charge on any atom is -0.506 e. The molecular formula is C8H5ClOS2. The van der Waals surface area contributed by atoms with Crippen LogP contribution in [0.25, 0.3) is 10.1 Å². The summed E-state index contributed by atoms with van der Waals surface area (Å²) in [7, 11) is 0. The van der Waals surface area contributed by atoms with Crippen molar-refractivity contribution in [2.75, 3.05) is 0 Å². The monoisotopic (exact) mass is 216 g/mol. The molecule has 0 aliphatic heterocycles. The number of thiophene rings is 1. The van der Waals surface area contributed by atoms with Crippen molar-refractivity contribution in [1.29, 1.82) is 0 Å². The first-order valence-corrected chi connectivity index (χ1v) is 4.98. The van der Waals surface area contributed by atoms with Crippen LogP contribution in [0.4, 0.5) is 0 Å². The van der Waals surface area contributed by atoms with E-state index in [2.05, 4.69) is 12.6 Å². The summed E-state index contributed by atoms with van der Waals surface area (Å²) in [5.74, 6) is 0.264. The summed E-state index contributed by atoms with van der Waals surface area (Å²) in [5, 5.41) is 12.7. The zero-order valence-corrected chi connectivity index (χ0v) is 8.38. The van der Waals surface area contributed by atoms with Gasteiger partial charge in [0, 0.05) is 15.7 Å². The summed E-state index contributed by atoms with van der Waals surface area (Å²) < 4.78 is 0.799. The van der Waals surface area contributed by atoms with Crippen molar-refractivity contribution in [2.24, 2.45) is 0 Å². The lowest BCUT2D eigenvalue weighted by Crippen LogP contribution is -1.69. The van der Waals surface area contributed by atoms with E-state index in [9.17, 15) is 5.11 Å². The summed E-state index contributed by atoms with van der Waals surface area (Å²) in [5.41, 5.74) is 0. The first-order valence-electron chi connectivity index (χ1n) is 3.28. The van der Waals surface area contributed by atoms with Gasteiger partial charge in [0.2, 0.25) is 0 Å². The Hall–Kier alpha value is -0.380. The van der Waals surface area contributed by atoms with Gasteiger partial charge in [-0.2, -0.15) is 0 Å². The van der Waals surface area contributed by atoms with Crippen LogP contribution < -0.4 is 0 Å². The molecule has 0 saturated carbocycles. The highest BCUT2D eigenvalue weighted by Gasteiger charge is 2.08. The second-order valence-corrected chi connectivity index (χ2v) is 4.16. The molecule has 1 nitrogen and oxygen atoms in total. The van der Waals surface area contributed by atoms with Gasteiger partial charge in [-0.3, -0.25) is 0 Å². The topological polar surface area (TPSA) is 20.2 Å². The predicted octanol–water partition coefficient (Wildman–Crippen LogP) is 3.55. The molecule has 62 valence electrons. The van der Waals surface area contributed by atoms with Crippen LogP contribution in [0.2, 0.25) is 5.02 Å². The highest BCUT2D eigenvalue weighted by molar-refractivity contribution is 7.80. The van der Waals surface area contributed by atoms with E-state index in [-0.39, 0.29) is 5.75 Å². The Bertz CT molecular complexity index is 436. The maximum Gasteiger partial charge on any atom is 0.133 e. The highest BCUT2D eigenvalue weighted by atomic mass is 35.5. The highest BCUT2D eigenvalue weighted by Crippen LogP contribution is 2.39. The number of phenolic OH excluding ortho intramolecular Hbond substituents is 1. The molecule has 0 atom stereocenters. The third-order valence-electron chi connectivity index (χ3n) is 1.63. The zero-order chi connectivity index (χ0) is 8.72. The van der Waals surface area contributed by atoms with Gasteiger partial charge in [-0.1, -0.05) is 11.6 Å². The van der Waals surface area contributed by atoms with Crippen LogP contribution in [0, 0.1) is 0 Å². The number of thiol groups is 1. The average molecular weight is 217 g/mol. The average Bonchev–Trinajstić information content (AvgIpc) is 2.42. The maximum absolute atomic E-state index is 9.43. The number of phenols is 1. The molecule has 1 aromatic carbocycles. The van der Waals surface area contributed by atoms with E-state index in [1.165, 1.54) is 11.3 Å². The molecule has 0 bridgehead atoms. The number of aromatic hydroxyl groups is 1. The second-order valence-electron chi connectivity index (χ2n) is 2.39. The SMILES string of the molecule is Oc1ccc(S)c2c(Cl)csc12. The molecule has 1 aromatic heterocycles. The predicted molar refractivity (Wildman–Crippen MR) is 55.8 cm³/mol. The molecule has 1 heterocycles. The first kappa shape index (κ1) is 8.23. The molecule has 12 heavy (non-hydrogen) atoms. The third-order valence-corrected chi connectivity index (χ3v) is 3.44. The smallest absolute Gasteiger partial charge is 0.133 e. The van der Waals surface area contributed by atoms with Gasteiger partial charge in [-0.25, -0.2) is 0 Å². The second kappa shape index (κ2) is 2.83. The molecule has 0 aliphatic rings. The Morgan fingerprint density at radius 3 is 2.83 bits per heavy atom. The van der Waals surface area contributed by atoms with Crippen molar-refractivity contribution >= 4 is 45.7 Å². The summed E-state index contributed by atoms with van der Waals surface area (Å²) >= 11 is 11.6. The number of halogens is 1. The summed E-state index contributed by atoms with van der Waals surface area (Å²) in [6, 6.07) is 3.36. The molecule has 2 aromatic rings. The van der Waals surface area contributed by atoms with Gasteiger partial charge in [0.05, 0.1) is 9.72 Å². The van der Waals surface area contributed by atoms with E-state index >= 15 is 0 Å². The molecule has 1 N–H and O–H groups in total. The van der Waals surface area contributed by atoms with Gasteiger partial charge < -0.3 is 5.11 Å². The van der Waals surface area contributed by atoms with Crippen molar-refractivity contribution in [3.05, 3.63) is 22.5 Å². The standard InChI is InChI=1S/C8H5ClOS2/c9-4-3-12-8-5(10)1-2-6(11)7(4)8/h1-3,10-11H. The van der Waals surface area contributed by atoms with Gasteiger partial charge >= 0.3 is 0 Å². The van der Waals surface area contributed by atoms with Crippen molar-refractivity contribution in [3.63, 3.8) is 0 Å². The van der Waals surface area contributed by atoms with Crippen molar-refractivity contribution in [3.8, 4) is 5.75 Å². The van der Waals surface area contributed by atoms with E-state index in [0.717, 1.165) is 15.0 Å². The Labute approximate surface area is 84.0 Å². The van der Waals surface area contributed by atoms with Crippen LogP contribution >= 0.6 is 35.6 Å². The fourth-order valence-electron chi connectivity index (χ4n) is 1.08. The molecule has 0 saturated heterocycles. The van der Waals surface area contributed by atoms with E-state index in [4.69, 9.17) is 11.6 Å². The maximum atomic E-state index is 9.43. The molecule has 2 rings (SSSR count). The molecular weight excluding hydrogens is 212 g/mol. The van der Waals surface area contributed by atoms with Crippen LogP contribution in [-0.4, -0.2) is 5.11 Å². The van der Waals surface area contributed by atoms with Crippen LogP contribution in [0.3, 0.4) is 0 Å². The molecule has 0 unspecified atom stereocenters. The summed E-state index contributed by atoms with van der Waals surface area (Å²) in [6.45, 7) is 0. The fraction of sp³-hybridized carbons (Fsp3) is 0. The molecule has 0 radical (unpaired) electrons. The number of rotatable bonds is 0. The Morgan fingerprint density at radius 1 is 1.42 bits per heavy atom. The Kier molecular flexibility index (Phi) is 1.94. The number of hydrogen-bond acceptors (Lipinski definition) is 3. The lowest BCUT2D eigenvalue weighted by atomic mass is 10.2. The van der Waals surface area contributed by atoms with E-state index < -0.39 is 0 Å². The quantitative estimate of drug-likeness (QED) is 0.646. The zero-order valence-electron chi connectivity index (χ0n) is 5.91. The molecule has 0 aliphatic carbocycles. The fourth-order valence-corrected chi connectivity index (χ4v) is 2.78. The Morgan fingerprint density at radius 2 is 2.17 bits per heavy atom. The summed E-state index contributed by atoms with van der Waals surface area (Å²) in [4.78, 5) is 0.800. The molecule has 0 fully saturated rings. The summed E-state index contributed by atoms with van der Waals surface area (Å²) in [6.07, 6.45) is 0. The van der Waals surface area contributed by atoms with E-state index in [0.29, 0.717) is 5.02 Å². The van der Waals surface area contributed by atoms with Crippen molar-refractivity contribution in [1.82, 2.24) is 0 Å². The van der Waals surface area contributed by atoms with Crippen molar-refractivity contribution in [2.45, 2.75) is 4.90 Å². The van der Waals surface area contributed by atoms with Crippen LogP contribution in [0.1, 0.15) is 0 Å². The first-order chi connectivity index (χ1) is 5.70. The van der Waals surface area contributed by atoms with Crippen LogP contribution in [-0.2, 0) is 0 Å². The third kappa shape index (κ3) is 1.09. The number of hydrogen-bond donors (Lipinski definition) is 2. The number of benzene rings is 1. The lowest BCUT2D eigenvalue weighted by molar-refractivity contribution is 0.482. The lowest BCUT2D eigenvalue weighted by Gasteiger charge is -1.97. The molecule has 0 spiro atoms. The normalized spacial score (nSPS) is 10.8. The van der Waals surface area contributed by atoms with Gasteiger partial charge in [-0.15, -0.1) is 24.0 Å². The van der Waals surface area contributed by atoms with Gasteiger partial charge in [-0.05, 0) is 12.1 Å². The minimum atomic E-state index is 0.264. The van der Waals surface area contributed by atoms with Gasteiger partial charge in [0.25, 0.3) is 0 Å². The van der Waals surface area contributed by atoms with Crippen LogP contribution in [0.5, 0.6) is 5.75 Å². The largest absolute Gasteiger partial charge is 0.506 e. The van der Waals surface area contributed by atoms with Gasteiger partial charge in [0.1, 0.15) is 5.75 Å². The number of fused-ring (bicyclic) bond motifs is 1.